The molecule has 1 fully saturated rings. The van der Waals surface area contributed by atoms with E-state index in [9.17, 15) is 8.60 Å². The highest BCUT2D eigenvalue weighted by Gasteiger charge is 2.20. The molecule has 1 saturated heterocycles. The Bertz CT molecular complexity index is 1260. The minimum atomic E-state index is -2.35. The molecule has 2 atom stereocenters. The molecule has 2 aromatic carbocycles. The fraction of sp³-hybridized carbons (Fsp3) is 0.417. The maximum Gasteiger partial charge on any atom is 0.126 e. The standard InChI is InChI=1S/C24H28FN3O3S/c1-15(2)32(4,29)28-19-9-16(3)24-21(26-14-27-22(24)12-19)10-17-5-6-18(25)11-23(17)31-20-7-8-30-13-20/h5-6,9,11-12,14-15,20H,7-8,10,13H2,1-4H3/t20-,32?/m0/s1. The number of hydrogen-bond acceptors (Lipinski definition) is 6. The number of halogens is 1. The number of nitrogens with zero attached hydrogens (tertiary/aromatic N) is 3. The number of fused-ring (bicyclic) bond motifs is 1. The molecule has 1 aliphatic heterocycles. The van der Waals surface area contributed by atoms with Crippen molar-refractivity contribution in [1.82, 2.24) is 9.97 Å². The van der Waals surface area contributed by atoms with E-state index in [4.69, 9.17) is 9.47 Å². The molecular formula is C24H28FN3O3S. The SMILES string of the molecule is Cc1cc(N=S(C)(=O)C(C)C)cc2ncnc(Cc3ccc(F)cc3O[C@H]3CCOC3)c12. The summed E-state index contributed by atoms with van der Waals surface area (Å²) in [4.78, 5) is 8.95. The number of aryl methyl sites for hydroxylation is 1. The first-order valence-corrected chi connectivity index (χ1v) is 12.7. The molecule has 1 unspecified atom stereocenters. The number of hydrogen-bond donors (Lipinski definition) is 0. The summed E-state index contributed by atoms with van der Waals surface area (Å²) in [5.41, 5.74) is 4.00. The van der Waals surface area contributed by atoms with Crippen LogP contribution in [-0.2, 0) is 20.9 Å². The molecule has 2 heterocycles. The molecule has 4 rings (SSSR count). The summed E-state index contributed by atoms with van der Waals surface area (Å²) in [5.74, 6) is 0.171. The van der Waals surface area contributed by atoms with Crippen LogP contribution in [0.25, 0.3) is 10.9 Å². The second-order valence-electron chi connectivity index (χ2n) is 8.51. The van der Waals surface area contributed by atoms with E-state index in [1.54, 1.807) is 12.3 Å². The zero-order chi connectivity index (χ0) is 22.9. The largest absolute Gasteiger partial charge is 0.488 e. The van der Waals surface area contributed by atoms with Gasteiger partial charge in [-0.1, -0.05) is 19.9 Å². The van der Waals surface area contributed by atoms with Gasteiger partial charge < -0.3 is 9.47 Å². The van der Waals surface area contributed by atoms with E-state index in [0.717, 1.165) is 34.1 Å². The van der Waals surface area contributed by atoms with E-state index in [-0.39, 0.29) is 17.2 Å². The van der Waals surface area contributed by atoms with Gasteiger partial charge in [-0.25, -0.2) is 18.6 Å². The van der Waals surface area contributed by atoms with Crippen LogP contribution in [0.3, 0.4) is 0 Å². The minimum absolute atomic E-state index is 0.0540. The van der Waals surface area contributed by atoms with Gasteiger partial charge in [0.05, 0.1) is 39.8 Å². The van der Waals surface area contributed by atoms with Gasteiger partial charge in [-0.2, -0.15) is 4.36 Å². The smallest absolute Gasteiger partial charge is 0.126 e. The summed E-state index contributed by atoms with van der Waals surface area (Å²) in [7, 11) is -2.35. The normalized spacial score (nSPS) is 18.1. The Morgan fingerprint density at radius 3 is 2.81 bits per heavy atom. The van der Waals surface area contributed by atoms with E-state index >= 15 is 0 Å². The van der Waals surface area contributed by atoms with Crippen LogP contribution in [0.5, 0.6) is 5.75 Å². The van der Waals surface area contributed by atoms with Gasteiger partial charge in [0, 0.05) is 41.4 Å². The quantitative estimate of drug-likeness (QED) is 0.522. The summed E-state index contributed by atoms with van der Waals surface area (Å²) < 4.78 is 42.6. The van der Waals surface area contributed by atoms with Gasteiger partial charge >= 0.3 is 0 Å². The Morgan fingerprint density at radius 2 is 2.09 bits per heavy atom. The van der Waals surface area contributed by atoms with Crippen LogP contribution in [0.1, 0.15) is 37.1 Å². The molecule has 0 spiro atoms. The molecular weight excluding hydrogens is 429 g/mol. The Hall–Kier alpha value is -2.58. The van der Waals surface area contributed by atoms with E-state index < -0.39 is 9.73 Å². The Kier molecular flexibility index (Phi) is 6.44. The lowest BCUT2D eigenvalue weighted by molar-refractivity contribution is 0.140. The molecule has 6 nitrogen and oxygen atoms in total. The minimum Gasteiger partial charge on any atom is -0.488 e. The van der Waals surface area contributed by atoms with Crippen molar-refractivity contribution >= 4 is 26.3 Å². The van der Waals surface area contributed by atoms with E-state index in [0.29, 0.717) is 31.1 Å². The fourth-order valence-corrected chi connectivity index (χ4v) is 4.44. The van der Waals surface area contributed by atoms with Gasteiger partial charge in [-0.3, -0.25) is 0 Å². The Labute approximate surface area is 188 Å². The van der Waals surface area contributed by atoms with Gasteiger partial charge in [0.25, 0.3) is 0 Å². The van der Waals surface area contributed by atoms with Gasteiger partial charge in [0.1, 0.15) is 24.0 Å². The third kappa shape index (κ3) is 4.91. The second kappa shape index (κ2) is 9.11. The summed E-state index contributed by atoms with van der Waals surface area (Å²) >= 11 is 0. The van der Waals surface area contributed by atoms with Crippen molar-refractivity contribution in [2.45, 2.75) is 45.0 Å². The Balaban J connectivity index is 1.73. The molecule has 0 bridgehead atoms. The molecule has 0 N–H and O–H groups in total. The van der Waals surface area contributed by atoms with Crippen LogP contribution < -0.4 is 4.74 Å². The first-order chi connectivity index (χ1) is 15.2. The molecule has 32 heavy (non-hydrogen) atoms. The van der Waals surface area contributed by atoms with Crippen molar-refractivity contribution < 1.29 is 18.1 Å². The Morgan fingerprint density at radius 1 is 1.28 bits per heavy atom. The first kappa shape index (κ1) is 22.6. The van der Waals surface area contributed by atoms with Crippen molar-refractivity contribution in [2.75, 3.05) is 19.5 Å². The molecule has 0 radical (unpaired) electrons. The fourth-order valence-electron chi connectivity index (χ4n) is 3.70. The van der Waals surface area contributed by atoms with Crippen LogP contribution in [0.4, 0.5) is 10.1 Å². The predicted molar refractivity (Wildman–Crippen MR) is 125 cm³/mol. The molecule has 0 saturated carbocycles. The second-order valence-corrected chi connectivity index (χ2v) is 11.4. The highest BCUT2D eigenvalue weighted by Crippen LogP contribution is 2.31. The van der Waals surface area contributed by atoms with Gasteiger partial charge in [-0.15, -0.1) is 0 Å². The van der Waals surface area contributed by atoms with Crippen LogP contribution in [0.2, 0.25) is 0 Å². The summed E-state index contributed by atoms with van der Waals surface area (Å²) in [6.07, 6.45) is 4.37. The lowest BCUT2D eigenvalue weighted by atomic mass is 10.0. The number of ether oxygens (including phenoxy) is 2. The molecule has 1 aliphatic rings. The van der Waals surface area contributed by atoms with Crippen LogP contribution in [0.15, 0.2) is 41.0 Å². The van der Waals surface area contributed by atoms with Crippen LogP contribution in [-0.4, -0.2) is 45.0 Å². The molecule has 170 valence electrons. The van der Waals surface area contributed by atoms with Gasteiger partial charge in [-0.05, 0) is 30.7 Å². The summed E-state index contributed by atoms with van der Waals surface area (Å²) in [6.45, 7) is 6.94. The third-order valence-corrected chi connectivity index (χ3v) is 8.05. The maximum absolute atomic E-state index is 13.9. The average Bonchev–Trinajstić information content (AvgIpc) is 3.22. The lowest BCUT2D eigenvalue weighted by Gasteiger charge is -2.16. The van der Waals surface area contributed by atoms with E-state index in [1.165, 1.54) is 18.5 Å². The predicted octanol–water partition coefficient (Wildman–Crippen LogP) is 4.97. The zero-order valence-corrected chi connectivity index (χ0v) is 19.6. The van der Waals surface area contributed by atoms with Gasteiger partial charge in [0.15, 0.2) is 0 Å². The number of rotatable bonds is 6. The van der Waals surface area contributed by atoms with E-state index in [1.807, 2.05) is 32.9 Å². The van der Waals surface area contributed by atoms with Crippen molar-refractivity contribution in [3.63, 3.8) is 0 Å². The highest BCUT2D eigenvalue weighted by atomic mass is 32.2. The number of aromatic nitrogens is 2. The highest BCUT2D eigenvalue weighted by molar-refractivity contribution is 7.93. The third-order valence-electron chi connectivity index (χ3n) is 5.73. The molecule has 0 amide bonds. The van der Waals surface area contributed by atoms with E-state index in [2.05, 4.69) is 14.3 Å². The molecule has 3 aromatic rings. The molecule has 1 aromatic heterocycles. The zero-order valence-electron chi connectivity index (χ0n) is 18.8. The summed E-state index contributed by atoms with van der Waals surface area (Å²) in [6, 6.07) is 8.35. The van der Waals surface area contributed by atoms with Crippen LogP contribution >= 0.6 is 0 Å². The van der Waals surface area contributed by atoms with Gasteiger partial charge in [0.2, 0.25) is 0 Å². The van der Waals surface area contributed by atoms with Crippen LogP contribution in [0, 0.1) is 12.7 Å². The van der Waals surface area contributed by atoms with Crippen molar-refractivity contribution in [2.24, 2.45) is 4.36 Å². The lowest BCUT2D eigenvalue weighted by Crippen LogP contribution is -2.17. The topological polar surface area (TPSA) is 73.7 Å². The monoisotopic (exact) mass is 457 g/mol. The molecule has 0 aliphatic carbocycles. The number of benzene rings is 2. The average molecular weight is 458 g/mol. The maximum atomic E-state index is 13.9. The van der Waals surface area contributed by atoms with Crippen molar-refractivity contribution in [1.29, 1.82) is 0 Å². The van der Waals surface area contributed by atoms with Crippen molar-refractivity contribution in [3.8, 4) is 5.75 Å². The first-order valence-electron chi connectivity index (χ1n) is 10.7. The molecule has 8 heteroatoms. The van der Waals surface area contributed by atoms with Crippen molar-refractivity contribution in [3.05, 3.63) is 59.3 Å². The summed E-state index contributed by atoms with van der Waals surface area (Å²) in [5, 5.41) is 0.861.